The predicted octanol–water partition coefficient (Wildman–Crippen LogP) is 3.78. The molecule has 1 aromatic carbocycles. The minimum atomic E-state index is -0.376. The monoisotopic (exact) mass is 405 g/mol. The average Bonchev–Trinajstić information content (AvgIpc) is 2.29. The zero-order chi connectivity index (χ0) is 12.4. The molecule has 0 spiro atoms. The van der Waals surface area contributed by atoms with E-state index in [2.05, 4.69) is 43.5 Å². The van der Waals surface area contributed by atoms with Gasteiger partial charge < -0.3 is 4.74 Å². The maximum Gasteiger partial charge on any atom is 0.358 e. The lowest BCUT2D eigenvalue weighted by molar-refractivity contribution is 0.0518. The Morgan fingerprint density at radius 3 is 2.94 bits per heavy atom. The molecule has 0 fully saturated rings. The highest BCUT2D eigenvalue weighted by Gasteiger charge is 2.14. The van der Waals surface area contributed by atoms with Crippen LogP contribution in [0.2, 0.25) is 0 Å². The van der Waals surface area contributed by atoms with Gasteiger partial charge in [-0.3, -0.25) is 0 Å². The second kappa shape index (κ2) is 5.30. The number of hydrogen-bond acceptors (Lipinski definition) is 3. The largest absolute Gasteiger partial charge is 0.461 e. The number of benzene rings is 1. The minimum absolute atomic E-state index is 0.354. The summed E-state index contributed by atoms with van der Waals surface area (Å²) >= 11 is 5.48. The van der Waals surface area contributed by atoms with Gasteiger partial charge in [0.1, 0.15) is 0 Å². The topological polar surface area (TPSA) is 39.2 Å². The first-order valence-electron chi connectivity index (χ1n) is 5.04. The van der Waals surface area contributed by atoms with E-state index in [0.717, 1.165) is 18.9 Å². The SMILES string of the molecule is CCOC(=O)c1nc2cc(Br)ccc2cc1I. The van der Waals surface area contributed by atoms with Crippen molar-refractivity contribution in [1.29, 1.82) is 0 Å². The fraction of sp³-hybridized carbons (Fsp3) is 0.167. The maximum atomic E-state index is 11.7. The second-order valence-electron chi connectivity index (χ2n) is 3.38. The van der Waals surface area contributed by atoms with Crippen LogP contribution in [0.1, 0.15) is 17.4 Å². The second-order valence-corrected chi connectivity index (χ2v) is 5.45. The first kappa shape index (κ1) is 12.8. The molecular weight excluding hydrogens is 397 g/mol. The molecule has 0 N–H and O–H groups in total. The molecule has 0 aliphatic carbocycles. The molecule has 0 radical (unpaired) electrons. The summed E-state index contributed by atoms with van der Waals surface area (Å²) in [6.07, 6.45) is 0. The van der Waals surface area contributed by atoms with Gasteiger partial charge in [0.2, 0.25) is 0 Å². The minimum Gasteiger partial charge on any atom is -0.461 e. The van der Waals surface area contributed by atoms with E-state index in [9.17, 15) is 4.79 Å². The van der Waals surface area contributed by atoms with Gasteiger partial charge >= 0.3 is 5.97 Å². The molecule has 88 valence electrons. The maximum absolute atomic E-state index is 11.7. The molecule has 0 amide bonds. The van der Waals surface area contributed by atoms with Crippen molar-refractivity contribution >= 4 is 55.4 Å². The Bertz CT molecular complexity index is 586. The molecule has 2 aromatic rings. The smallest absolute Gasteiger partial charge is 0.358 e. The van der Waals surface area contributed by atoms with Crippen molar-refractivity contribution < 1.29 is 9.53 Å². The lowest BCUT2D eigenvalue weighted by atomic mass is 10.2. The fourth-order valence-corrected chi connectivity index (χ4v) is 2.48. The van der Waals surface area contributed by atoms with Gasteiger partial charge in [-0.05, 0) is 47.7 Å². The Morgan fingerprint density at radius 2 is 2.24 bits per heavy atom. The molecule has 0 aliphatic heterocycles. The molecular formula is C12H9BrINO2. The Labute approximate surface area is 121 Å². The van der Waals surface area contributed by atoms with Crippen LogP contribution in [0.3, 0.4) is 0 Å². The number of pyridine rings is 1. The van der Waals surface area contributed by atoms with Gasteiger partial charge in [-0.15, -0.1) is 0 Å². The Morgan fingerprint density at radius 1 is 1.47 bits per heavy atom. The Hall–Kier alpha value is -0.690. The third-order valence-corrected chi connectivity index (χ3v) is 3.52. The van der Waals surface area contributed by atoms with Crippen molar-refractivity contribution in [2.75, 3.05) is 6.61 Å². The number of carbonyl (C=O) groups is 1. The molecule has 1 heterocycles. The summed E-state index contributed by atoms with van der Waals surface area (Å²) in [5.74, 6) is -0.376. The number of hydrogen-bond donors (Lipinski definition) is 0. The van der Waals surface area contributed by atoms with Crippen molar-refractivity contribution in [3.8, 4) is 0 Å². The molecule has 0 saturated heterocycles. The summed E-state index contributed by atoms with van der Waals surface area (Å²) in [7, 11) is 0. The normalized spacial score (nSPS) is 10.5. The van der Waals surface area contributed by atoms with Crippen LogP contribution in [0.15, 0.2) is 28.7 Å². The quantitative estimate of drug-likeness (QED) is 0.563. The van der Waals surface area contributed by atoms with Gasteiger partial charge in [-0.2, -0.15) is 0 Å². The van der Waals surface area contributed by atoms with Gasteiger partial charge in [0.05, 0.1) is 12.1 Å². The highest BCUT2D eigenvalue weighted by atomic mass is 127. The third kappa shape index (κ3) is 2.77. The molecule has 0 unspecified atom stereocenters. The van der Waals surface area contributed by atoms with E-state index in [4.69, 9.17) is 4.74 Å². The molecule has 0 bridgehead atoms. The van der Waals surface area contributed by atoms with Crippen molar-refractivity contribution in [1.82, 2.24) is 4.98 Å². The van der Waals surface area contributed by atoms with Crippen molar-refractivity contribution in [2.45, 2.75) is 6.92 Å². The van der Waals surface area contributed by atoms with Gasteiger partial charge in [0.25, 0.3) is 0 Å². The number of halogens is 2. The lowest BCUT2D eigenvalue weighted by Crippen LogP contribution is -2.09. The molecule has 1 aromatic heterocycles. The third-order valence-electron chi connectivity index (χ3n) is 2.20. The van der Waals surface area contributed by atoms with Gasteiger partial charge in [0.15, 0.2) is 5.69 Å². The van der Waals surface area contributed by atoms with Crippen molar-refractivity contribution in [3.05, 3.63) is 38.0 Å². The van der Waals surface area contributed by atoms with Crippen LogP contribution in [-0.2, 0) is 4.74 Å². The zero-order valence-electron chi connectivity index (χ0n) is 9.04. The van der Waals surface area contributed by atoms with Crippen molar-refractivity contribution in [2.24, 2.45) is 0 Å². The summed E-state index contributed by atoms with van der Waals surface area (Å²) < 4.78 is 6.71. The van der Waals surface area contributed by atoms with E-state index in [0.29, 0.717) is 12.3 Å². The Kier molecular flexibility index (Phi) is 3.98. The lowest BCUT2D eigenvalue weighted by Gasteiger charge is -2.05. The molecule has 0 aliphatic rings. The molecule has 5 heteroatoms. The van der Waals surface area contributed by atoms with Crippen LogP contribution < -0.4 is 0 Å². The number of nitrogens with zero attached hydrogens (tertiary/aromatic N) is 1. The van der Waals surface area contributed by atoms with Crippen LogP contribution in [0.4, 0.5) is 0 Å². The van der Waals surface area contributed by atoms with Crippen LogP contribution >= 0.6 is 38.5 Å². The standard InChI is InChI=1S/C12H9BrINO2/c1-2-17-12(16)11-9(14)5-7-3-4-8(13)6-10(7)15-11/h3-6H,2H2,1H3. The molecule has 0 saturated carbocycles. The number of rotatable bonds is 2. The molecule has 2 rings (SSSR count). The number of fused-ring (bicyclic) bond motifs is 1. The van der Waals surface area contributed by atoms with Gasteiger partial charge in [-0.25, -0.2) is 9.78 Å². The highest BCUT2D eigenvalue weighted by Crippen LogP contribution is 2.22. The van der Waals surface area contributed by atoms with Crippen LogP contribution in [0.5, 0.6) is 0 Å². The van der Waals surface area contributed by atoms with E-state index in [1.807, 2.05) is 24.3 Å². The zero-order valence-corrected chi connectivity index (χ0v) is 12.8. The summed E-state index contributed by atoms with van der Waals surface area (Å²) in [5, 5.41) is 1.01. The summed E-state index contributed by atoms with van der Waals surface area (Å²) in [6.45, 7) is 2.13. The average molecular weight is 406 g/mol. The first-order valence-corrected chi connectivity index (χ1v) is 6.92. The first-order chi connectivity index (χ1) is 8.11. The van der Waals surface area contributed by atoms with E-state index in [1.54, 1.807) is 6.92 Å². The van der Waals surface area contributed by atoms with Crippen LogP contribution in [0, 0.1) is 3.57 Å². The number of carbonyl (C=O) groups excluding carboxylic acids is 1. The number of ether oxygens (including phenoxy) is 1. The molecule has 3 nitrogen and oxygen atoms in total. The summed E-state index contributed by atoms with van der Waals surface area (Å²) in [5.41, 5.74) is 1.15. The number of esters is 1. The predicted molar refractivity (Wildman–Crippen MR) is 78.1 cm³/mol. The van der Waals surface area contributed by atoms with E-state index in [1.165, 1.54) is 0 Å². The summed E-state index contributed by atoms with van der Waals surface area (Å²) in [4.78, 5) is 16.0. The summed E-state index contributed by atoms with van der Waals surface area (Å²) in [6, 6.07) is 7.73. The van der Waals surface area contributed by atoms with E-state index >= 15 is 0 Å². The van der Waals surface area contributed by atoms with E-state index < -0.39 is 0 Å². The van der Waals surface area contributed by atoms with Gasteiger partial charge in [0, 0.05) is 13.4 Å². The Balaban J connectivity index is 2.57. The fourth-order valence-electron chi connectivity index (χ4n) is 1.46. The highest BCUT2D eigenvalue weighted by molar-refractivity contribution is 14.1. The van der Waals surface area contributed by atoms with Crippen LogP contribution in [0.25, 0.3) is 10.9 Å². The van der Waals surface area contributed by atoms with Crippen LogP contribution in [-0.4, -0.2) is 17.6 Å². The molecule has 17 heavy (non-hydrogen) atoms. The van der Waals surface area contributed by atoms with Gasteiger partial charge in [-0.1, -0.05) is 22.0 Å². The van der Waals surface area contributed by atoms with E-state index in [-0.39, 0.29) is 5.97 Å². The van der Waals surface area contributed by atoms with Crippen molar-refractivity contribution in [3.63, 3.8) is 0 Å². The molecule has 0 atom stereocenters. The number of aromatic nitrogens is 1.